The highest BCUT2D eigenvalue weighted by Gasteiger charge is 2.91. The van der Waals surface area contributed by atoms with E-state index in [9.17, 15) is 10.1 Å². The summed E-state index contributed by atoms with van der Waals surface area (Å²) in [4.78, 5) is 4.15. The zero-order chi connectivity index (χ0) is 26.9. The molecule has 16 heteroatoms. The first-order chi connectivity index (χ1) is 16.3. The molecule has 2 fully saturated rings. The third-order valence-electron chi connectivity index (χ3n) is 8.39. The number of rotatable bonds is 1. The highest BCUT2D eigenvalue weighted by Crippen LogP contribution is 2.88. The van der Waals surface area contributed by atoms with Crippen LogP contribution in [0.3, 0.4) is 0 Å². The predicted molar refractivity (Wildman–Crippen MR) is 154 cm³/mol. The van der Waals surface area contributed by atoms with Crippen LogP contribution in [0.5, 0.6) is 0 Å². The smallest absolute Gasteiger partial charge is 0.258 e. The fourth-order valence-electron chi connectivity index (χ4n) is 7.05. The lowest BCUT2D eigenvalue weighted by Crippen LogP contribution is -2.53. The molecule has 2 saturated carbocycles. The molecule has 1 aromatic carbocycles. The summed E-state index contributed by atoms with van der Waals surface area (Å²) in [5.74, 6) is -3.63. The maximum Gasteiger partial charge on any atom is 0.283 e. The quantitative estimate of drug-likeness (QED) is 0.161. The lowest BCUT2D eigenvalue weighted by molar-refractivity contribution is -0.385. The molecule has 0 unspecified atom stereocenters. The van der Waals surface area contributed by atoms with Crippen LogP contribution in [0.15, 0.2) is 36.7 Å². The summed E-state index contributed by atoms with van der Waals surface area (Å²) in [5.41, 5.74) is 0.578. The molecule has 8 atom stereocenters. The van der Waals surface area contributed by atoms with Crippen LogP contribution in [0.1, 0.15) is 23.0 Å². The molecule has 5 aliphatic carbocycles. The summed E-state index contributed by atoms with van der Waals surface area (Å²) >= 11 is 86.5. The summed E-state index contributed by atoms with van der Waals surface area (Å²) in [6.45, 7) is 0. The lowest BCUT2D eigenvalue weighted by Gasteiger charge is -2.52. The average Bonchev–Trinajstić information content (AvgIpc) is 3.12. The fraction of sp³-hybridized carbons (Fsp3) is 0.500. The van der Waals surface area contributed by atoms with Crippen molar-refractivity contribution < 1.29 is 4.92 Å². The van der Waals surface area contributed by atoms with Gasteiger partial charge in [0.2, 0.25) is 0 Å². The minimum atomic E-state index is -2.00. The highest BCUT2D eigenvalue weighted by atomic mass is 79.9. The normalized spacial score (nSPS) is 46.8. The van der Waals surface area contributed by atoms with Gasteiger partial charge in [0, 0.05) is 29.7 Å². The molecule has 0 amide bonds. The van der Waals surface area contributed by atoms with Gasteiger partial charge in [0.15, 0.2) is 8.67 Å². The Kier molecular flexibility index (Phi) is 6.04. The minimum absolute atomic E-state index is 0.0546. The van der Waals surface area contributed by atoms with Gasteiger partial charge in [-0.25, -0.2) is 0 Å². The Labute approximate surface area is 272 Å². The largest absolute Gasteiger partial charge is 0.283 e. The van der Waals surface area contributed by atoms with Crippen LogP contribution in [-0.4, -0.2) is 33.1 Å². The molecular formula is C20H6BrCl12NO2. The summed E-state index contributed by atoms with van der Waals surface area (Å²) < 4.78 is -3.81. The molecule has 36 heavy (non-hydrogen) atoms. The van der Waals surface area contributed by atoms with Gasteiger partial charge >= 0.3 is 0 Å². The van der Waals surface area contributed by atoms with Gasteiger partial charge in [0.1, 0.15) is 19.5 Å². The van der Waals surface area contributed by atoms with Crippen molar-refractivity contribution in [2.45, 2.75) is 40.0 Å². The van der Waals surface area contributed by atoms with Crippen LogP contribution in [0.4, 0.5) is 5.69 Å². The Bertz CT molecular complexity index is 1400. The summed E-state index contributed by atoms with van der Waals surface area (Å²) in [5, 5.41) is 11.6. The number of halogens is 13. The highest BCUT2D eigenvalue weighted by molar-refractivity contribution is 9.10. The van der Waals surface area contributed by atoms with Crippen molar-refractivity contribution in [1.82, 2.24) is 0 Å². The lowest BCUT2D eigenvalue weighted by atomic mass is 9.57. The fourth-order valence-corrected chi connectivity index (χ4v) is 13.6. The standard InChI is InChI=1S/C20H6BrCl12NO2/c21-5-1-3-4(2-6(5)34(35)36)8-10(18(29)14(25)12(23)16(8,27)20(18,32)33)9-7(3)15(26)11(22)13(24)17(9,28)19(15,30)31/h1-2,7-10H/t7-,8-,9-,10+,15+,16+,17+,18+/m1/s1. The molecule has 0 saturated heterocycles. The van der Waals surface area contributed by atoms with Gasteiger partial charge in [-0.15, -0.1) is 46.4 Å². The van der Waals surface area contributed by atoms with Crippen molar-refractivity contribution in [1.29, 1.82) is 0 Å². The second kappa shape index (κ2) is 7.71. The Morgan fingerprint density at radius 1 is 0.667 bits per heavy atom. The van der Waals surface area contributed by atoms with Crippen molar-refractivity contribution in [3.63, 3.8) is 0 Å². The topological polar surface area (TPSA) is 43.1 Å². The Balaban J connectivity index is 1.80. The van der Waals surface area contributed by atoms with Crippen LogP contribution in [0.2, 0.25) is 0 Å². The molecule has 1 aromatic rings. The van der Waals surface area contributed by atoms with E-state index in [0.29, 0.717) is 11.1 Å². The van der Waals surface area contributed by atoms with Crippen molar-refractivity contribution in [2.75, 3.05) is 0 Å². The van der Waals surface area contributed by atoms with Crippen LogP contribution in [0.25, 0.3) is 0 Å². The van der Waals surface area contributed by atoms with Gasteiger partial charge in [0.05, 0.1) is 29.5 Å². The monoisotopic (exact) mass is 791 g/mol. The molecule has 0 N–H and O–H groups in total. The van der Waals surface area contributed by atoms with Crippen molar-refractivity contribution in [3.8, 4) is 0 Å². The number of fused-ring (bicyclic) bond motifs is 14. The third kappa shape index (κ3) is 2.47. The molecule has 3 nitrogen and oxygen atoms in total. The van der Waals surface area contributed by atoms with Gasteiger partial charge < -0.3 is 0 Å². The number of benzene rings is 1. The number of nitro groups is 1. The van der Waals surface area contributed by atoms with E-state index in [1.54, 1.807) is 0 Å². The first-order valence-electron chi connectivity index (χ1n) is 9.93. The summed E-state index contributed by atoms with van der Waals surface area (Å²) in [6.07, 6.45) is 0. The zero-order valence-corrected chi connectivity index (χ0v) is 27.3. The molecule has 0 aliphatic heterocycles. The maximum absolute atomic E-state index is 11.9. The van der Waals surface area contributed by atoms with E-state index in [1.807, 2.05) is 0 Å². The number of hydrogen-bond acceptors (Lipinski definition) is 2. The van der Waals surface area contributed by atoms with Crippen molar-refractivity contribution in [2.24, 2.45) is 11.8 Å². The molecule has 6 rings (SSSR count). The van der Waals surface area contributed by atoms with Crippen LogP contribution >= 0.6 is 155 Å². The average molecular weight is 798 g/mol. The SMILES string of the molecule is O=[N+]([O-])c1cc2c(cc1Br)[C@@H]1[C@H]([C@@H]3[C@@H]2[C@]2(Cl)C(Cl)=C(Cl)[C@]3(Cl)C2(Cl)Cl)[C@]2(Cl)C(Cl)=C(Cl)[C@]1(Cl)C2(Cl)Cl. The number of alkyl halides is 8. The van der Waals surface area contributed by atoms with Gasteiger partial charge in [0.25, 0.3) is 5.69 Å². The van der Waals surface area contributed by atoms with E-state index in [4.69, 9.17) is 139 Å². The Hall–Kier alpha value is 2.06. The van der Waals surface area contributed by atoms with E-state index in [2.05, 4.69) is 15.9 Å². The summed E-state index contributed by atoms with van der Waals surface area (Å²) in [7, 11) is 0. The molecule has 5 aliphatic rings. The Morgan fingerprint density at radius 3 is 1.36 bits per heavy atom. The van der Waals surface area contributed by atoms with Gasteiger partial charge in [-0.3, -0.25) is 10.1 Å². The third-order valence-corrected chi connectivity index (χ3v) is 17.6. The number of allylic oxidation sites excluding steroid dienone is 4. The van der Waals surface area contributed by atoms with Crippen LogP contribution in [0, 0.1) is 22.0 Å². The van der Waals surface area contributed by atoms with Gasteiger partial charge in [-0.1, -0.05) is 92.8 Å². The predicted octanol–water partition coefficient (Wildman–Crippen LogP) is 10.5. The first-order valence-corrected chi connectivity index (χ1v) is 15.3. The second-order valence-electron chi connectivity index (χ2n) is 9.45. The van der Waals surface area contributed by atoms with Gasteiger partial charge in [-0.05, 0) is 33.1 Å². The number of nitro benzene ring substituents is 1. The number of hydrogen-bond donors (Lipinski definition) is 0. The van der Waals surface area contributed by atoms with Crippen molar-refractivity contribution in [3.05, 3.63) is 58.0 Å². The summed E-state index contributed by atoms with van der Waals surface area (Å²) in [6, 6.07) is 2.88. The maximum atomic E-state index is 11.9. The van der Waals surface area contributed by atoms with E-state index >= 15 is 0 Å². The van der Waals surface area contributed by atoms with Crippen LogP contribution < -0.4 is 0 Å². The first kappa shape index (κ1) is 28.2. The number of nitrogens with zero attached hydrogens (tertiary/aromatic N) is 1. The second-order valence-corrected chi connectivity index (χ2v) is 16.9. The van der Waals surface area contributed by atoms with E-state index in [1.165, 1.54) is 12.1 Å². The zero-order valence-electron chi connectivity index (χ0n) is 16.6. The molecule has 0 radical (unpaired) electrons. The van der Waals surface area contributed by atoms with Gasteiger partial charge in [-0.2, -0.15) is 0 Å². The Morgan fingerprint density at radius 2 is 1.00 bits per heavy atom. The van der Waals surface area contributed by atoms with E-state index in [-0.39, 0.29) is 30.3 Å². The van der Waals surface area contributed by atoms with E-state index in [0.717, 1.165) is 0 Å². The minimum Gasteiger partial charge on any atom is -0.258 e. The molecule has 194 valence electrons. The molecule has 4 bridgehead atoms. The van der Waals surface area contributed by atoms with Crippen LogP contribution in [-0.2, 0) is 0 Å². The van der Waals surface area contributed by atoms with Crippen molar-refractivity contribution >= 4 is 161 Å². The van der Waals surface area contributed by atoms with E-state index < -0.39 is 56.8 Å². The molecule has 0 heterocycles. The molecule has 0 aromatic heterocycles. The molecular weight excluding hydrogens is 792 g/mol. The molecule has 0 spiro atoms.